The van der Waals surface area contributed by atoms with Gasteiger partial charge in [0.15, 0.2) is 0 Å². The Hall–Kier alpha value is -0.680. The second kappa shape index (κ2) is 3.82. The molecular formula is C8H7ClF2O2S. The van der Waals surface area contributed by atoms with Crippen molar-refractivity contribution in [2.45, 2.75) is 18.5 Å². The molecule has 0 aliphatic carbocycles. The molecule has 0 aliphatic heterocycles. The number of rotatable bonds is 2. The van der Waals surface area contributed by atoms with Crippen molar-refractivity contribution >= 4 is 19.7 Å². The lowest BCUT2D eigenvalue weighted by Crippen LogP contribution is -1.98. The minimum absolute atomic E-state index is 0.144. The Kier molecular flexibility index (Phi) is 3.11. The van der Waals surface area contributed by atoms with Gasteiger partial charge in [-0.25, -0.2) is 17.2 Å². The fraction of sp³-hybridized carbons (Fsp3) is 0.250. The van der Waals surface area contributed by atoms with Crippen LogP contribution in [0.15, 0.2) is 17.0 Å². The highest BCUT2D eigenvalue weighted by molar-refractivity contribution is 8.13. The van der Waals surface area contributed by atoms with Gasteiger partial charge in [0.05, 0.1) is 4.90 Å². The monoisotopic (exact) mass is 240 g/mol. The SMILES string of the molecule is Cc1cc(S(=O)(=O)Cl)cc(F)c1CF. The van der Waals surface area contributed by atoms with Gasteiger partial charge in [-0.15, -0.1) is 0 Å². The Morgan fingerprint density at radius 1 is 1.43 bits per heavy atom. The maximum atomic E-state index is 13.1. The molecule has 0 radical (unpaired) electrons. The highest BCUT2D eigenvalue weighted by Gasteiger charge is 2.15. The molecule has 78 valence electrons. The van der Waals surface area contributed by atoms with Crippen LogP contribution < -0.4 is 0 Å². The number of benzene rings is 1. The smallest absolute Gasteiger partial charge is 0.246 e. The number of halogens is 3. The zero-order valence-electron chi connectivity index (χ0n) is 7.22. The van der Waals surface area contributed by atoms with Crippen LogP contribution in [0.25, 0.3) is 0 Å². The number of alkyl halides is 1. The van der Waals surface area contributed by atoms with Gasteiger partial charge in [0.2, 0.25) is 0 Å². The minimum Gasteiger partial charge on any atom is -0.246 e. The van der Waals surface area contributed by atoms with Crippen molar-refractivity contribution in [3.05, 3.63) is 29.1 Å². The lowest BCUT2D eigenvalue weighted by molar-refractivity contribution is 0.460. The Balaban J connectivity index is 3.43. The summed E-state index contributed by atoms with van der Waals surface area (Å²) in [5.41, 5.74) is 0.0841. The van der Waals surface area contributed by atoms with E-state index >= 15 is 0 Å². The van der Waals surface area contributed by atoms with Gasteiger partial charge in [0.25, 0.3) is 9.05 Å². The standard InChI is InChI=1S/C8H7ClF2O2S/c1-5-2-6(14(9,12)13)3-8(11)7(5)4-10/h2-3H,4H2,1H3. The van der Waals surface area contributed by atoms with E-state index in [0.717, 1.165) is 6.07 Å². The molecule has 0 amide bonds. The Morgan fingerprint density at radius 2 is 2.00 bits per heavy atom. The third-order valence-electron chi connectivity index (χ3n) is 1.81. The molecule has 0 aromatic heterocycles. The van der Waals surface area contributed by atoms with Gasteiger partial charge < -0.3 is 0 Å². The molecule has 0 heterocycles. The molecule has 0 saturated carbocycles. The summed E-state index contributed by atoms with van der Waals surface area (Å²) in [5.74, 6) is -0.897. The lowest BCUT2D eigenvalue weighted by atomic mass is 10.1. The summed E-state index contributed by atoms with van der Waals surface area (Å²) in [4.78, 5) is -0.355. The summed E-state index contributed by atoms with van der Waals surface area (Å²) in [5, 5.41) is 0. The molecule has 0 fully saturated rings. The van der Waals surface area contributed by atoms with Gasteiger partial charge in [0, 0.05) is 16.2 Å². The van der Waals surface area contributed by atoms with Crippen molar-refractivity contribution < 1.29 is 17.2 Å². The van der Waals surface area contributed by atoms with Gasteiger partial charge in [-0.05, 0) is 24.6 Å². The van der Waals surface area contributed by atoms with Crippen molar-refractivity contribution in [1.29, 1.82) is 0 Å². The van der Waals surface area contributed by atoms with Crippen molar-refractivity contribution in [2.24, 2.45) is 0 Å². The number of aryl methyl sites for hydroxylation is 1. The topological polar surface area (TPSA) is 34.1 Å². The zero-order valence-corrected chi connectivity index (χ0v) is 8.79. The van der Waals surface area contributed by atoms with Crippen LogP contribution in [0.4, 0.5) is 8.78 Å². The van der Waals surface area contributed by atoms with E-state index < -0.39 is 21.5 Å². The molecule has 1 aromatic rings. The molecular weight excluding hydrogens is 234 g/mol. The fourth-order valence-corrected chi connectivity index (χ4v) is 1.88. The molecule has 0 unspecified atom stereocenters. The van der Waals surface area contributed by atoms with Crippen LogP contribution >= 0.6 is 10.7 Å². The van der Waals surface area contributed by atoms with Crippen molar-refractivity contribution in [3.8, 4) is 0 Å². The quantitative estimate of drug-likeness (QED) is 0.745. The third-order valence-corrected chi connectivity index (χ3v) is 3.14. The normalized spacial score (nSPS) is 11.7. The van der Waals surface area contributed by atoms with Crippen LogP contribution in [-0.2, 0) is 15.7 Å². The molecule has 1 aromatic carbocycles. The Morgan fingerprint density at radius 3 is 2.36 bits per heavy atom. The Bertz CT molecular complexity index is 433. The first-order valence-electron chi connectivity index (χ1n) is 3.66. The molecule has 6 heteroatoms. The first kappa shape index (κ1) is 11.4. The van der Waals surface area contributed by atoms with E-state index in [9.17, 15) is 17.2 Å². The first-order valence-corrected chi connectivity index (χ1v) is 5.97. The largest absolute Gasteiger partial charge is 0.261 e. The van der Waals surface area contributed by atoms with Crippen molar-refractivity contribution in [3.63, 3.8) is 0 Å². The van der Waals surface area contributed by atoms with E-state index in [1.54, 1.807) is 0 Å². The van der Waals surface area contributed by atoms with E-state index in [1.807, 2.05) is 0 Å². The predicted octanol–water partition coefficient (Wildman–Crippen LogP) is 2.53. The summed E-state index contributed by atoms with van der Waals surface area (Å²) >= 11 is 0. The van der Waals surface area contributed by atoms with Crippen LogP contribution in [0.5, 0.6) is 0 Å². The van der Waals surface area contributed by atoms with E-state index in [0.29, 0.717) is 6.07 Å². The number of hydrogen-bond acceptors (Lipinski definition) is 2. The van der Waals surface area contributed by atoms with Gasteiger partial charge in [-0.3, -0.25) is 0 Å². The van der Waals surface area contributed by atoms with Crippen LogP contribution in [0.2, 0.25) is 0 Å². The molecule has 14 heavy (non-hydrogen) atoms. The molecule has 1 rings (SSSR count). The average Bonchev–Trinajstić information content (AvgIpc) is 2.01. The summed E-state index contributed by atoms with van der Waals surface area (Å²) < 4.78 is 47.0. The van der Waals surface area contributed by atoms with Gasteiger partial charge in [-0.1, -0.05) is 0 Å². The van der Waals surface area contributed by atoms with Crippen LogP contribution in [0, 0.1) is 12.7 Å². The van der Waals surface area contributed by atoms with Crippen molar-refractivity contribution in [1.82, 2.24) is 0 Å². The second-order valence-electron chi connectivity index (χ2n) is 2.77. The molecule has 0 saturated heterocycles. The first-order chi connectivity index (χ1) is 6.36. The van der Waals surface area contributed by atoms with Crippen molar-refractivity contribution in [2.75, 3.05) is 0 Å². The van der Waals surface area contributed by atoms with Crippen LogP contribution in [-0.4, -0.2) is 8.42 Å². The summed E-state index contributed by atoms with van der Waals surface area (Å²) in [6.45, 7) is 0.448. The lowest BCUT2D eigenvalue weighted by Gasteiger charge is -2.04. The fourth-order valence-electron chi connectivity index (χ4n) is 1.05. The highest BCUT2D eigenvalue weighted by atomic mass is 35.7. The highest BCUT2D eigenvalue weighted by Crippen LogP contribution is 2.22. The molecule has 0 aliphatic rings. The predicted molar refractivity (Wildman–Crippen MR) is 49.0 cm³/mol. The minimum atomic E-state index is -3.96. The molecule has 0 bridgehead atoms. The van der Waals surface area contributed by atoms with E-state index in [4.69, 9.17) is 10.7 Å². The average molecular weight is 241 g/mol. The van der Waals surface area contributed by atoms with E-state index in [2.05, 4.69) is 0 Å². The van der Waals surface area contributed by atoms with Crippen LogP contribution in [0.3, 0.4) is 0 Å². The third kappa shape index (κ3) is 2.22. The summed E-state index contributed by atoms with van der Waals surface area (Å²) in [7, 11) is 1.05. The summed E-state index contributed by atoms with van der Waals surface area (Å²) in [6.07, 6.45) is 0. The molecule has 2 nitrogen and oxygen atoms in total. The van der Waals surface area contributed by atoms with Gasteiger partial charge in [-0.2, -0.15) is 0 Å². The van der Waals surface area contributed by atoms with E-state index in [-0.39, 0.29) is 16.0 Å². The molecule has 0 atom stereocenters. The van der Waals surface area contributed by atoms with Gasteiger partial charge in [0.1, 0.15) is 12.5 Å². The zero-order chi connectivity index (χ0) is 10.9. The van der Waals surface area contributed by atoms with Crippen LogP contribution in [0.1, 0.15) is 11.1 Å². The number of hydrogen-bond donors (Lipinski definition) is 0. The summed E-state index contributed by atoms with van der Waals surface area (Å²) in [6, 6.07) is 1.85. The second-order valence-corrected chi connectivity index (χ2v) is 5.34. The maximum absolute atomic E-state index is 13.1. The Labute approximate surface area is 84.9 Å². The maximum Gasteiger partial charge on any atom is 0.261 e. The molecule has 0 spiro atoms. The van der Waals surface area contributed by atoms with E-state index in [1.165, 1.54) is 6.92 Å². The van der Waals surface area contributed by atoms with Gasteiger partial charge >= 0.3 is 0 Å². The molecule has 0 N–H and O–H groups in total.